The molecule has 1 aromatic heterocycles. The first-order valence-electron chi connectivity index (χ1n) is 9.90. The van der Waals surface area contributed by atoms with Gasteiger partial charge in [-0.05, 0) is 31.9 Å². The van der Waals surface area contributed by atoms with E-state index < -0.39 is 6.36 Å². The summed E-state index contributed by atoms with van der Waals surface area (Å²) >= 11 is 0. The van der Waals surface area contributed by atoms with Crippen molar-refractivity contribution in [2.24, 2.45) is 5.92 Å². The van der Waals surface area contributed by atoms with E-state index in [0.29, 0.717) is 38.2 Å². The summed E-state index contributed by atoms with van der Waals surface area (Å²) < 4.78 is 43.2. The number of nitrogens with zero attached hydrogens (tertiary/aromatic N) is 3. The van der Waals surface area contributed by atoms with Gasteiger partial charge in [-0.1, -0.05) is 18.2 Å². The number of ether oxygens (including phenoxy) is 1. The Bertz CT molecular complexity index is 947. The first-order chi connectivity index (χ1) is 14.7. The predicted octanol–water partition coefficient (Wildman–Crippen LogP) is 3.69. The number of hydrogen-bond donors (Lipinski definition) is 1. The molecule has 10 heteroatoms. The number of amides is 2. The van der Waals surface area contributed by atoms with E-state index in [-0.39, 0.29) is 29.0 Å². The number of hydrogen-bond acceptors (Lipinski definition) is 4. The molecule has 0 spiro atoms. The van der Waals surface area contributed by atoms with Crippen LogP contribution in [0.1, 0.15) is 25.3 Å². The molecule has 1 aliphatic rings. The van der Waals surface area contributed by atoms with Gasteiger partial charge in [0.15, 0.2) is 0 Å². The Hall–Kier alpha value is -3.30. The van der Waals surface area contributed by atoms with Crippen LogP contribution in [0.15, 0.2) is 42.7 Å². The summed E-state index contributed by atoms with van der Waals surface area (Å²) in [6, 6.07) is 5.60. The van der Waals surface area contributed by atoms with E-state index in [2.05, 4.69) is 15.2 Å². The van der Waals surface area contributed by atoms with Crippen LogP contribution < -0.4 is 10.1 Å². The van der Waals surface area contributed by atoms with E-state index >= 15 is 0 Å². The Morgan fingerprint density at radius 3 is 2.61 bits per heavy atom. The molecule has 2 heterocycles. The van der Waals surface area contributed by atoms with Crippen LogP contribution in [0.3, 0.4) is 0 Å². The lowest BCUT2D eigenvalue weighted by molar-refractivity contribution is -0.274. The summed E-state index contributed by atoms with van der Waals surface area (Å²) in [6.45, 7) is 3.42. The number of benzene rings is 1. The molecule has 1 aliphatic heterocycles. The van der Waals surface area contributed by atoms with Crippen LogP contribution >= 0.6 is 0 Å². The second-order valence-electron chi connectivity index (χ2n) is 7.09. The van der Waals surface area contributed by atoms with E-state index in [4.69, 9.17) is 0 Å². The average Bonchev–Trinajstić information content (AvgIpc) is 3.19. The van der Waals surface area contributed by atoms with Crippen molar-refractivity contribution >= 4 is 23.6 Å². The van der Waals surface area contributed by atoms with Gasteiger partial charge in [0, 0.05) is 43.4 Å². The Kier molecular flexibility index (Phi) is 6.98. The summed E-state index contributed by atoms with van der Waals surface area (Å²) in [4.78, 5) is 26.4. The number of alkyl halides is 3. The molecular formula is C21H23F3N4O3. The molecule has 2 amide bonds. The molecule has 0 atom stereocenters. The smallest absolute Gasteiger partial charge is 0.405 e. The van der Waals surface area contributed by atoms with Gasteiger partial charge in [0.2, 0.25) is 11.8 Å². The number of aromatic nitrogens is 2. The van der Waals surface area contributed by atoms with Crippen molar-refractivity contribution in [1.29, 1.82) is 0 Å². The molecule has 3 rings (SSSR count). The van der Waals surface area contributed by atoms with Crippen LogP contribution in [-0.2, 0) is 16.1 Å². The molecule has 7 nitrogen and oxygen atoms in total. The summed E-state index contributed by atoms with van der Waals surface area (Å²) in [5, 5.41) is 6.95. The number of carbonyl (C=O) groups is 2. The Morgan fingerprint density at radius 1 is 1.26 bits per heavy atom. The van der Waals surface area contributed by atoms with Gasteiger partial charge >= 0.3 is 6.36 Å². The molecule has 0 bridgehead atoms. The molecule has 1 saturated heterocycles. The van der Waals surface area contributed by atoms with Crippen LogP contribution in [0.4, 0.5) is 18.9 Å². The molecule has 0 aliphatic carbocycles. The maximum atomic E-state index is 12.5. The van der Waals surface area contributed by atoms with Gasteiger partial charge < -0.3 is 15.0 Å². The van der Waals surface area contributed by atoms with Gasteiger partial charge in [-0.3, -0.25) is 14.3 Å². The van der Waals surface area contributed by atoms with Crippen molar-refractivity contribution < 1.29 is 27.5 Å². The molecular weight excluding hydrogens is 413 g/mol. The number of aryl methyl sites for hydroxylation is 1. The van der Waals surface area contributed by atoms with Gasteiger partial charge in [-0.25, -0.2) is 0 Å². The third-order valence-corrected chi connectivity index (χ3v) is 4.95. The molecule has 1 fully saturated rings. The number of halogens is 3. The van der Waals surface area contributed by atoms with Gasteiger partial charge in [0.25, 0.3) is 0 Å². The lowest BCUT2D eigenvalue weighted by Gasteiger charge is -2.30. The van der Waals surface area contributed by atoms with Crippen molar-refractivity contribution in [2.45, 2.75) is 32.7 Å². The fraction of sp³-hybridized carbons (Fsp3) is 0.381. The fourth-order valence-corrected chi connectivity index (χ4v) is 3.31. The van der Waals surface area contributed by atoms with Gasteiger partial charge in [-0.15, -0.1) is 13.2 Å². The summed E-state index contributed by atoms with van der Waals surface area (Å²) in [5.74, 6) is -1.04. The largest absolute Gasteiger partial charge is 0.573 e. The number of likely N-dealkylation sites (tertiary alicyclic amines) is 1. The second kappa shape index (κ2) is 9.67. The number of para-hydroxylation sites is 1. The van der Waals surface area contributed by atoms with Gasteiger partial charge in [0.05, 0.1) is 11.9 Å². The zero-order valence-corrected chi connectivity index (χ0v) is 16.9. The minimum Gasteiger partial charge on any atom is -0.405 e. The quantitative estimate of drug-likeness (QED) is 0.701. The third kappa shape index (κ3) is 6.34. The lowest BCUT2D eigenvalue weighted by atomic mass is 9.95. The van der Waals surface area contributed by atoms with E-state index in [1.54, 1.807) is 28.0 Å². The van der Waals surface area contributed by atoms with Crippen LogP contribution in [0, 0.1) is 5.92 Å². The molecule has 1 aromatic carbocycles. The molecule has 0 radical (unpaired) electrons. The van der Waals surface area contributed by atoms with Crippen molar-refractivity contribution in [3.05, 3.63) is 48.3 Å². The average molecular weight is 436 g/mol. The van der Waals surface area contributed by atoms with Crippen molar-refractivity contribution in [1.82, 2.24) is 14.7 Å². The van der Waals surface area contributed by atoms with Crippen LogP contribution in [0.5, 0.6) is 5.75 Å². The number of rotatable bonds is 6. The first kappa shape index (κ1) is 22.4. The van der Waals surface area contributed by atoms with Crippen LogP contribution in [0.25, 0.3) is 6.08 Å². The summed E-state index contributed by atoms with van der Waals surface area (Å²) in [7, 11) is 0. The van der Waals surface area contributed by atoms with E-state index in [1.165, 1.54) is 30.4 Å². The summed E-state index contributed by atoms with van der Waals surface area (Å²) in [6.07, 6.45) is 2.05. The molecule has 1 N–H and O–H groups in total. The maximum Gasteiger partial charge on any atom is 0.573 e. The van der Waals surface area contributed by atoms with E-state index in [0.717, 1.165) is 0 Å². The van der Waals surface area contributed by atoms with E-state index in [9.17, 15) is 22.8 Å². The molecule has 0 unspecified atom stereocenters. The molecule has 31 heavy (non-hydrogen) atoms. The third-order valence-electron chi connectivity index (χ3n) is 4.95. The highest BCUT2D eigenvalue weighted by Gasteiger charge is 2.32. The maximum absolute atomic E-state index is 12.5. The normalized spacial score (nSPS) is 15.3. The molecule has 166 valence electrons. The van der Waals surface area contributed by atoms with Gasteiger partial charge in [-0.2, -0.15) is 5.10 Å². The predicted molar refractivity (Wildman–Crippen MR) is 108 cm³/mol. The van der Waals surface area contributed by atoms with Crippen LogP contribution in [0.2, 0.25) is 0 Å². The standard InChI is InChI=1S/C21H23F3N4O3/c1-2-28-14-17(13-25-28)26-20(30)16-9-11-27(12-10-16)19(29)8-7-15-5-3-4-6-18(15)31-21(22,23)24/h3-8,13-14,16H,2,9-12H2,1H3,(H,26,30)/b8-7+. The highest BCUT2D eigenvalue weighted by Crippen LogP contribution is 2.27. The monoisotopic (exact) mass is 436 g/mol. The highest BCUT2D eigenvalue weighted by atomic mass is 19.4. The zero-order valence-electron chi connectivity index (χ0n) is 16.9. The fourth-order valence-electron chi connectivity index (χ4n) is 3.31. The topological polar surface area (TPSA) is 76.5 Å². The minimum atomic E-state index is -4.81. The zero-order chi connectivity index (χ0) is 22.4. The van der Waals surface area contributed by atoms with Crippen LogP contribution in [-0.4, -0.2) is 45.9 Å². The van der Waals surface area contributed by atoms with Gasteiger partial charge in [0.1, 0.15) is 5.75 Å². The number of carbonyl (C=O) groups excluding carboxylic acids is 2. The number of nitrogens with one attached hydrogen (secondary N) is 1. The molecule has 2 aromatic rings. The molecule has 0 saturated carbocycles. The van der Waals surface area contributed by atoms with Crippen molar-refractivity contribution in [3.8, 4) is 5.75 Å². The SMILES string of the molecule is CCn1cc(NC(=O)C2CCN(C(=O)/C=C/c3ccccc3OC(F)(F)F)CC2)cn1. The number of piperidine rings is 1. The lowest BCUT2D eigenvalue weighted by Crippen LogP contribution is -2.40. The van der Waals surface area contributed by atoms with E-state index in [1.807, 2.05) is 6.92 Å². The number of anilines is 1. The van der Waals surface area contributed by atoms with Crippen molar-refractivity contribution in [2.75, 3.05) is 18.4 Å². The Labute approximate surface area is 177 Å². The summed E-state index contributed by atoms with van der Waals surface area (Å²) in [5.41, 5.74) is 0.781. The first-order valence-corrected chi connectivity index (χ1v) is 9.90. The second-order valence-corrected chi connectivity index (χ2v) is 7.09. The minimum absolute atomic E-state index is 0.114. The highest BCUT2D eigenvalue weighted by molar-refractivity contribution is 5.94. The Balaban J connectivity index is 1.53. The van der Waals surface area contributed by atoms with Crippen molar-refractivity contribution in [3.63, 3.8) is 0 Å². The Morgan fingerprint density at radius 2 is 1.97 bits per heavy atom.